The molecule has 0 aromatic heterocycles. The fourth-order valence-corrected chi connectivity index (χ4v) is 2.52. The lowest BCUT2D eigenvalue weighted by Crippen LogP contribution is -2.33. The van der Waals surface area contributed by atoms with Crippen molar-refractivity contribution < 1.29 is 9.13 Å². The van der Waals surface area contributed by atoms with E-state index in [1.165, 1.54) is 7.11 Å². The Morgan fingerprint density at radius 2 is 1.94 bits per heavy atom. The Kier molecular flexibility index (Phi) is 2.89. The van der Waals surface area contributed by atoms with E-state index in [9.17, 15) is 4.39 Å². The van der Waals surface area contributed by atoms with Crippen molar-refractivity contribution >= 4 is 0 Å². The highest BCUT2D eigenvalue weighted by molar-refractivity contribution is 5.43. The van der Waals surface area contributed by atoms with Crippen LogP contribution in [0.4, 0.5) is 4.39 Å². The van der Waals surface area contributed by atoms with Crippen LogP contribution in [-0.4, -0.2) is 7.11 Å². The SMILES string of the molecule is COc1c(C2(N)CCCC2)ccc(C)c1F. The number of methoxy groups -OCH3 is 1. The number of rotatable bonds is 2. The first-order chi connectivity index (χ1) is 7.58. The molecule has 1 fully saturated rings. The van der Waals surface area contributed by atoms with E-state index in [-0.39, 0.29) is 5.82 Å². The first-order valence-corrected chi connectivity index (χ1v) is 5.71. The summed E-state index contributed by atoms with van der Waals surface area (Å²) in [6.45, 7) is 1.74. The van der Waals surface area contributed by atoms with Gasteiger partial charge >= 0.3 is 0 Å². The number of halogens is 1. The molecule has 88 valence electrons. The van der Waals surface area contributed by atoms with Crippen LogP contribution < -0.4 is 10.5 Å². The van der Waals surface area contributed by atoms with Crippen molar-refractivity contribution in [2.75, 3.05) is 7.11 Å². The summed E-state index contributed by atoms with van der Waals surface area (Å²) in [6.07, 6.45) is 4.03. The standard InChI is InChI=1S/C13H18FNO/c1-9-5-6-10(12(16-2)11(9)14)13(15)7-3-4-8-13/h5-6H,3-4,7-8,15H2,1-2H3. The molecule has 1 aromatic carbocycles. The first kappa shape index (κ1) is 11.4. The molecule has 2 N–H and O–H groups in total. The minimum Gasteiger partial charge on any atom is -0.493 e. The molecule has 0 radical (unpaired) electrons. The molecular formula is C13H18FNO. The van der Waals surface area contributed by atoms with Crippen molar-refractivity contribution in [3.63, 3.8) is 0 Å². The average Bonchev–Trinajstić information content (AvgIpc) is 2.70. The second-order valence-corrected chi connectivity index (χ2v) is 4.64. The van der Waals surface area contributed by atoms with E-state index in [2.05, 4.69) is 0 Å². The van der Waals surface area contributed by atoms with Crippen LogP contribution in [0.2, 0.25) is 0 Å². The van der Waals surface area contributed by atoms with Gasteiger partial charge in [-0.2, -0.15) is 0 Å². The van der Waals surface area contributed by atoms with Gasteiger partial charge in [0, 0.05) is 11.1 Å². The number of hydrogen-bond donors (Lipinski definition) is 1. The molecule has 2 nitrogen and oxygen atoms in total. The van der Waals surface area contributed by atoms with Gasteiger partial charge < -0.3 is 10.5 Å². The molecular weight excluding hydrogens is 205 g/mol. The third-order valence-corrected chi connectivity index (χ3v) is 3.53. The summed E-state index contributed by atoms with van der Waals surface area (Å²) in [5.74, 6) is 0.0427. The molecule has 1 aliphatic carbocycles. The number of ether oxygens (including phenoxy) is 1. The Hall–Kier alpha value is -1.09. The minimum atomic E-state index is -0.403. The highest BCUT2D eigenvalue weighted by Crippen LogP contribution is 2.41. The maximum Gasteiger partial charge on any atom is 0.168 e. The van der Waals surface area contributed by atoms with Crippen molar-refractivity contribution in [1.29, 1.82) is 0 Å². The normalized spacial score (nSPS) is 18.8. The minimum absolute atomic E-state index is 0.281. The monoisotopic (exact) mass is 223 g/mol. The highest BCUT2D eigenvalue weighted by Gasteiger charge is 2.34. The molecule has 0 bridgehead atoms. The maximum atomic E-state index is 13.9. The van der Waals surface area contributed by atoms with Crippen molar-refractivity contribution in [2.45, 2.75) is 38.1 Å². The number of aryl methyl sites for hydroxylation is 1. The van der Waals surface area contributed by atoms with Gasteiger partial charge in [0.25, 0.3) is 0 Å². The molecule has 0 saturated heterocycles. The summed E-state index contributed by atoms with van der Waals surface area (Å²) in [7, 11) is 1.50. The third kappa shape index (κ3) is 1.69. The summed E-state index contributed by atoms with van der Waals surface area (Å²) in [4.78, 5) is 0. The highest BCUT2D eigenvalue weighted by atomic mass is 19.1. The van der Waals surface area contributed by atoms with Crippen molar-refractivity contribution in [3.05, 3.63) is 29.1 Å². The van der Waals surface area contributed by atoms with Crippen LogP contribution in [0, 0.1) is 12.7 Å². The Morgan fingerprint density at radius 3 is 2.50 bits per heavy atom. The zero-order valence-corrected chi connectivity index (χ0v) is 9.85. The molecule has 3 heteroatoms. The molecule has 0 heterocycles. The summed E-state index contributed by atoms with van der Waals surface area (Å²) in [5.41, 5.74) is 7.34. The van der Waals surface area contributed by atoms with Crippen LogP contribution in [-0.2, 0) is 5.54 Å². The zero-order valence-electron chi connectivity index (χ0n) is 9.85. The molecule has 2 rings (SSSR count). The topological polar surface area (TPSA) is 35.2 Å². The third-order valence-electron chi connectivity index (χ3n) is 3.53. The van der Waals surface area contributed by atoms with Gasteiger partial charge in [0.1, 0.15) is 0 Å². The Balaban J connectivity index is 2.52. The van der Waals surface area contributed by atoms with Crippen LogP contribution >= 0.6 is 0 Å². The van der Waals surface area contributed by atoms with E-state index in [1.54, 1.807) is 13.0 Å². The maximum absolute atomic E-state index is 13.9. The van der Waals surface area contributed by atoms with Crippen LogP contribution in [0.25, 0.3) is 0 Å². The first-order valence-electron chi connectivity index (χ1n) is 5.71. The van der Waals surface area contributed by atoms with Gasteiger partial charge in [0.15, 0.2) is 11.6 Å². The Labute approximate surface area is 95.6 Å². The summed E-state index contributed by atoms with van der Waals surface area (Å²) in [6, 6.07) is 3.68. The lowest BCUT2D eigenvalue weighted by molar-refractivity contribution is 0.356. The molecule has 0 amide bonds. The number of benzene rings is 1. The van der Waals surface area contributed by atoms with E-state index < -0.39 is 5.54 Å². The predicted molar refractivity (Wildman–Crippen MR) is 62.0 cm³/mol. The predicted octanol–water partition coefficient (Wildman–Crippen LogP) is 2.87. The van der Waals surface area contributed by atoms with Gasteiger partial charge in [-0.25, -0.2) is 4.39 Å². The zero-order chi connectivity index (χ0) is 11.8. The van der Waals surface area contributed by atoms with E-state index in [0.29, 0.717) is 11.3 Å². The molecule has 0 aliphatic heterocycles. The summed E-state index contributed by atoms with van der Waals surface area (Å²) >= 11 is 0. The Morgan fingerprint density at radius 1 is 1.31 bits per heavy atom. The van der Waals surface area contributed by atoms with Gasteiger partial charge in [-0.3, -0.25) is 0 Å². The molecule has 1 aliphatic rings. The molecule has 1 saturated carbocycles. The summed E-state index contributed by atoms with van der Waals surface area (Å²) < 4.78 is 19.1. The molecule has 1 aromatic rings. The fraction of sp³-hybridized carbons (Fsp3) is 0.538. The van der Waals surface area contributed by atoms with Crippen molar-refractivity contribution in [2.24, 2.45) is 5.73 Å². The molecule has 0 spiro atoms. The van der Waals surface area contributed by atoms with Crippen LogP contribution in [0.1, 0.15) is 36.8 Å². The van der Waals surface area contributed by atoms with Gasteiger partial charge in [-0.1, -0.05) is 25.0 Å². The molecule has 16 heavy (non-hydrogen) atoms. The van der Waals surface area contributed by atoms with Gasteiger partial charge in [0.2, 0.25) is 0 Å². The van der Waals surface area contributed by atoms with Crippen molar-refractivity contribution in [1.82, 2.24) is 0 Å². The van der Waals surface area contributed by atoms with E-state index in [4.69, 9.17) is 10.5 Å². The quantitative estimate of drug-likeness (QED) is 0.836. The average molecular weight is 223 g/mol. The van der Waals surface area contributed by atoms with Gasteiger partial charge in [-0.15, -0.1) is 0 Å². The van der Waals surface area contributed by atoms with Crippen molar-refractivity contribution in [3.8, 4) is 5.75 Å². The second kappa shape index (κ2) is 4.06. The lowest BCUT2D eigenvalue weighted by Gasteiger charge is -2.26. The van der Waals surface area contributed by atoms with Crippen LogP contribution in [0.15, 0.2) is 12.1 Å². The Bertz CT molecular complexity index is 397. The van der Waals surface area contributed by atoms with Gasteiger partial charge in [0.05, 0.1) is 7.11 Å². The van der Waals surface area contributed by atoms with Gasteiger partial charge in [-0.05, 0) is 25.3 Å². The largest absolute Gasteiger partial charge is 0.493 e. The smallest absolute Gasteiger partial charge is 0.168 e. The molecule has 0 unspecified atom stereocenters. The number of hydrogen-bond acceptors (Lipinski definition) is 2. The van der Waals surface area contributed by atoms with E-state index in [1.807, 2.05) is 6.07 Å². The second-order valence-electron chi connectivity index (χ2n) is 4.64. The van der Waals surface area contributed by atoms with Crippen LogP contribution in [0.5, 0.6) is 5.75 Å². The van der Waals surface area contributed by atoms with E-state index >= 15 is 0 Å². The summed E-state index contributed by atoms with van der Waals surface area (Å²) in [5, 5.41) is 0. The number of nitrogens with two attached hydrogens (primary N) is 1. The van der Waals surface area contributed by atoms with E-state index in [0.717, 1.165) is 31.2 Å². The lowest BCUT2D eigenvalue weighted by atomic mass is 9.88. The van der Waals surface area contributed by atoms with Crippen LogP contribution in [0.3, 0.4) is 0 Å². The fourth-order valence-electron chi connectivity index (χ4n) is 2.52. The molecule has 0 atom stereocenters.